The Morgan fingerprint density at radius 2 is 1.50 bits per heavy atom. The summed E-state index contributed by atoms with van der Waals surface area (Å²) in [7, 11) is 0. The Morgan fingerprint density at radius 3 is 2.00 bits per heavy atom. The fourth-order valence-electron chi connectivity index (χ4n) is 1.68. The van der Waals surface area contributed by atoms with E-state index in [4.69, 9.17) is 9.47 Å². The smallest absolute Gasteiger partial charge is 0.211 e. The van der Waals surface area contributed by atoms with Gasteiger partial charge < -0.3 is 9.47 Å². The molecule has 0 N–H and O–H groups in total. The van der Waals surface area contributed by atoms with Gasteiger partial charge >= 0.3 is 0 Å². The zero-order valence-corrected chi connectivity index (χ0v) is 7.91. The van der Waals surface area contributed by atoms with Crippen molar-refractivity contribution in [2.75, 3.05) is 0 Å². The van der Waals surface area contributed by atoms with E-state index in [9.17, 15) is 0 Å². The van der Waals surface area contributed by atoms with Crippen LogP contribution in [0.5, 0.6) is 0 Å². The summed E-state index contributed by atoms with van der Waals surface area (Å²) in [6, 6.07) is 0. The highest BCUT2D eigenvalue weighted by Gasteiger charge is 2.35. The lowest BCUT2D eigenvalue weighted by atomic mass is 9.95. The van der Waals surface area contributed by atoms with Crippen molar-refractivity contribution >= 4 is 22.6 Å². The van der Waals surface area contributed by atoms with Gasteiger partial charge in [-0.15, -0.1) is 0 Å². The molecule has 1 heterocycles. The van der Waals surface area contributed by atoms with Crippen molar-refractivity contribution in [1.82, 2.24) is 0 Å². The molecule has 0 spiro atoms. The van der Waals surface area contributed by atoms with Gasteiger partial charge in [-0.25, -0.2) is 0 Å². The summed E-state index contributed by atoms with van der Waals surface area (Å²) in [4.78, 5) is 0. The van der Waals surface area contributed by atoms with E-state index < -0.39 is 0 Å². The van der Waals surface area contributed by atoms with Crippen molar-refractivity contribution in [2.24, 2.45) is 0 Å². The highest BCUT2D eigenvalue weighted by molar-refractivity contribution is 14.1. The number of fused-ring (bicyclic) bond motifs is 1. The Hall–Kier alpha value is 0.650. The third kappa shape index (κ3) is 1.31. The van der Waals surface area contributed by atoms with Crippen LogP contribution in [0.1, 0.15) is 25.7 Å². The van der Waals surface area contributed by atoms with Gasteiger partial charge in [0.15, 0.2) is 0 Å². The zero-order chi connectivity index (χ0) is 6.97. The molecule has 1 aliphatic carbocycles. The second kappa shape index (κ2) is 2.95. The number of halogens is 1. The molecule has 3 heteroatoms. The predicted octanol–water partition coefficient (Wildman–Crippen LogP) is 2.06. The molecule has 2 nitrogen and oxygen atoms in total. The van der Waals surface area contributed by atoms with E-state index in [1.165, 1.54) is 25.7 Å². The first kappa shape index (κ1) is 7.31. The van der Waals surface area contributed by atoms with Crippen LogP contribution in [-0.4, -0.2) is 16.5 Å². The summed E-state index contributed by atoms with van der Waals surface area (Å²) < 4.78 is 11.1. The van der Waals surface area contributed by atoms with E-state index in [0.717, 1.165) is 0 Å². The van der Waals surface area contributed by atoms with Gasteiger partial charge in [0.25, 0.3) is 0 Å². The van der Waals surface area contributed by atoms with E-state index in [1.54, 1.807) is 0 Å². The molecular formula is C7H11IO2. The Morgan fingerprint density at radius 1 is 1.00 bits per heavy atom. The minimum Gasteiger partial charge on any atom is -0.338 e. The molecule has 2 fully saturated rings. The van der Waals surface area contributed by atoms with Crippen molar-refractivity contribution < 1.29 is 9.47 Å². The molecule has 1 saturated carbocycles. The van der Waals surface area contributed by atoms with Gasteiger partial charge in [0.05, 0.1) is 12.2 Å². The first-order valence-electron chi connectivity index (χ1n) is 3.81. The summed E-state index contributed by atoms with van der Waals surface area (Å²) in [5.74, 6) is 0. The lowest BCUT2D eigenvalue weighted by Crippen LogP contribution is -2.25. The maximum Gasteiger partial charge on any atom is 0.211 e. The standard InChI is InChI=1S/C7H11IO2/c8-7-9-5-3-1-2-4-6(5)10-7/h5-7H,1-4H2. The predicted molar refractivity (Wildman–Crippen MR) is 46.0 cm³/mol. The quantitative estimate of drug-likeness (QED) is 0.486. The third-order valence-electron chi connectivity index (χ3n) is 2.21. The fraction of sp³-hybridized carbons (Fsp3) is 1.00. The van der Waals surface area contributed by atoms with E-state index in [1.807, 2.05) is 0 Å². The second-order valence-electron chi connectivity index (χ2n) is 2.91. The van der Waals surface area contributed by atoms with Crippen molar-refractivity contribution in [3.05, 3.63) is 0 Å². The summed E-state index contributed by atoms with van der Waals surface area (Å²) in [6.07, 6.45) is 5.85. The van der Waals surface area contributed by atoms with Crippen LogP contribution in [0.4, 0.5) is 0 Å². The molecular weight excluding hydrogens is 243 g/mol. The minimum absolute atomic E-state index is 0.0192. The Bertz CT molecular complexity index is 115. The number of ether oxygens (including phenoxy) is 2. The van der Waals surface area contributed by atoms with E-state index in [-0.39, 0.29) is 4.30 Å². The van der Waals surface area contributed by atoms with Crippen LogP contribution >= 0.6 is 22.6 Å². The molecule has 2 unspecified atom stereocenters. The lowest BCUT2D eigenvalue weighted by Gasteiger charge is -2.21. The average Bonchev–Trinajstić information content (AvgIpc) is 2.27. The van der Waals surface area contributed by atoms with Gasteiger partial charge in [-0.2, -0.15) is 0 Å². The molecule has 1 saturated heterocycles. The van der Waals surface area contributed by atoms with Gasteiger partial charge in [-0.3, -0.25) is 0 Å². The van der Waals surface area contributed by atoms with Gasteiger partial charge in [0, 0.05) is 0 Å². The molecule has 2 rings (SSSR count). The van der Waals surface area contributed by atoms with Gasteiger partial charge in [0.1, 0.15) is 0 Å². The van der Waals surface area contributed by atoms with Crippen molar-refractivity contribution in [1.29, 1.82) is 0 Å². The monoisotopic (exact) mass is 254 g/mol. The van der Waals surface area contributed by atoms with Crippen molar-refractivity contribution in [3.63, 3.8) is 0 Å². The first-order chi connectivity index (χ1) is 4.86. The van der Waals surface area contributed by atoms with E-state index in [0.29, 0.717) is 12.2 Å². The van der Waals surface area contributed by atoms with Crippen LogP contribution < -0.4 is 0 Å². The largest absolute Gasteiger partial charge is 0.338 e. The Balaban J connectivity index is 1.97. The molecule has 10 heavy (non-hydrogen) atoms. The highest BCUT2D eigenvalue weighted by atomic mass is 127. The fourth-order valence-corrected chi connectivity index (χ4v) is 2.44. The van der Waals surface area contributed by atoms with Crippen LogP contribution in [0.15, 0.2) is 0 Å². The molecule has 0 radical (unpaired) electrons. The van der Waals surface area contributed by atoms with Crippen molar-refractivity contribution in [3.8, 4) is 0 Å². The normalized spacial score (nSPS) is 47.1. The van der Waals surface area contributed by atoms with Crippen LogP contribution in [0, 0.1) is 0 Å². The number of hydrogen-bond acceptors (Lipinski definition) is 2. The number of rotatable bonds is 0. The van der Waals surface area contributed by atoms with E-state index >= 15 is 0 Å². The molecule has 0 aromatic rings. The zero-order valence-electron chi connectivity index (χ0n) is 5.75. The lowest BCUT2D eigenvalue weighted by molar-refractivity contribution is 0.0209. The van der Waals surface area contributed by atoms with Gasteiger partial charge in [-0.1, -0.05) is 12.8 Å². The first-order valence-corrected chi connectivity index (χ1v) is 5.06. The summed E-state index contributed by atoms with van der Waals surface area (Å²) in [5.41, 5.74) is 0. The molecule has 0 aromatic carbocycles. The number of hydrogen-bond donors (Lipinski definition) is 0. The van der Waals surface area contributed by atoms with Crippen LogP contribution in [0.2, 0.25) is 0 Å². The van der Waals surface area contributed by atoms with Gasteiger partial charge in [0.2, 0.25) is 4.30 Å². The van der Waals surface area contributed by atoms with Gasteiger partial charge in [-0.05, 0) is 35.4 Å². The maximum atomic E-state index is 5.53. The molecule has 0 amide bonds. The highest BCUT2D eigenvalue weighted by Crippen LogP contribution is 2.33. The third-order valence-corrected chi connectivity index (χ3v) is 2.79. The molecule has 0 aromatic heterocycles. The SMILES string of the molecule is IC1OC2CCCCC2O1. The van der Waals surface area contributed by atoms with Crippen molar-refractivity contribution in [2.45, 2.75) is 42.2 Å². The van der Waals surface area contributed by atoms with Crippen LogP contribution in [0.25, 0.3) is 0 Å². The topological polar surface area (TPSA) is 18.5 Å². The minimum atomic E-state index is 0.0192. The van der Waals surface area contributed by atoms with Crippen LogP contribution in [0.3, 0.4) is 0 Å². The van der Waals surface area contributed by atoms with Crippen LogP contribution in [-0.2, 0) is 9.47 Å². The maximum absolute atomic E-state index is 5.53. The summed E-state index contributed by atoms with van der Waals surface area (Å²) in [6.45, 7) is 0. The number of alkyl halides is 1. The Kier molecular flexibility index (Phi) is 2.15. The molecule has 58 valence electrons. The Labute approximate surface area is 74.4 Å². The molecule has 2 atom stereocenters. The second-order valence-corrected chi connectivity index (χ2v) is 3.92. The molecule has 0 bridgehead atoms. The molecule has 1 aliphatic heterocycles. The molecule has 2 aliphatic rings. The summed E-state index contributed by atoms with van der Waals surface area (Å²) in [5, 5.41) is 0. The van der Waals surface area contributed by atoms with E-state index in [2.05, 4.69) is 22.6 Å². The summed E-state index contributed by atoms with van der Waals surface area (Å²) >= 11 is 2.19. The average molecular weight is 254 g/mol.